The normalized spacial score (nSPS) is 11.4. The molecule has 3 heterocycles. The number of carbonyl (C=O) groups is 1. The molecule has 0 N–H and O–H groups in total. The molecule has 0 aliphatic heterocycles. The molecular weight excluding hydrogens is 404 g/mol. The molecule has 156 valence electrons. The van der Waals surface area contributed by atoms with Crippen LogP contribution in [0.4, 0.5) is 0 Å². The van der Waals surface area contributed by atoms with Gasteiger partial charge in [-0.2, -0.15) is 10.2 Å². The molecule has 0 fully saturated rings. The number of carbonyl (C=O) groups excluding carboxylic acids is 1. The van der Waals surface area contributed by atoms with E-state index in [1.54, 1.807) is 47.0 Å². The van der Waals surface area contributed by atoms with E-state index in [4.69, 9.17) is 4.42 Å². The van der Waals surface area contributed by atoms with E-state index >= 15 is 0 Å². The predicted molar refractivity (Wildman–Crippen MR) is 122 cm³/mol. The summed E-state index contributed by atoms with van der Waals surface area (Å²) >= 11 is 0. The average molecular weight is 422 g/mol. The minimum Gasteiger partial charge on any atom is -0.422 e. The molecule has 0 radical (unpaired) electrons. The Morgan fingerprint density at radius 1 is 1.03 bits per heavy atom. The third kappa shape index (κ3) is 3.67. The van der Waals surface area contributed by atoms with Crippen molar-refractivity contribution >= 4 is 22.8 Å². The lowest BCUT2D eigenvalue weighted by Crippen LogP contribution is -2.04. The van der Waals surface area contributed by atoms with Crippen LogP contribution < -0.4 is 5.63 Å². The highest BCUT2D eigenvalue weighted by molar-refractivity contribution is 6.06. The number of rotatable bonds is 5. The van der Waals surface area contributed by atoms with Crippen LogP contribution in [0.3, 0.4) is 0 Å². The van der Waals surface area contributed by atoms with Crippen molar-refractivity contribution in [3.05, 3.63) is 107 Å². The van der Waals surface area contributed by atoms with Crippen molar-refractivity contribution < 1.29 is 9.21 Å². The van der Waals surface area contributed by atoms with Crippen LogP contribution in [0.25, 0.3) is 34.0 Å². The summed E-state index contributed by atoms with van der Waals surface area (Å²) < 4.78 is 8.76. The smallest absolute Gasteiger partial charge is 0.345 e. The lowest BCUT2D eigenvalue weighted by Gasteiger charge is -2.01. The fraction of sp³-hybridized carbons (Fsp3) is 0.0400. The predicted octanol–water partition coefficient (Wildman–Crippen LogP) is 4.28. The molecule has 0 amide bonds. The zero-order valence-corrected chi connectivity index (χ0v) is 17.2. The topological polar surface area (TPSA) is 82.9 Å². The van der Waals surface area contributed by atoms with Crippen LogP contribution >= 0.6 is 0 Å². The highest BCUT2D eigenvalue weighted by Gasteiger charge is 2.16. The molecule has 0 unspecified atom stereocenters. The van der Waals surface area contributed by atoms with E-state index in [0.29, 0.717) is 28.0 Å². The first-order valence-corrected chi connectivity index (χ1v) is 9.98. The van der Waals surface area contributed by atoms with E-state index in [-0.39, 0.29) is 5.78 Å². The molecular formula is C25H18N4O3. The number of allylic oxidation sites excluding steroid dienone is 1. The zero-order chi connectivity index (χ0) is 22.1. The third-order valence-electron chi connectivity index (χ3n) is 5.06. The number of para-hydroxylation sites is 2. The van der Waals surface area contributed by atoms with Crippen molar-refractivity contribution in [2.24, 2.45) is 7.05 Å². The number of aromatic nitrogens is 4. The van der Waals surface area contributed by atoms with E-state index in [1.807, 2.05) is 48.5 Å². The van der Waals surface area contributed by atoms with Gasteiger partial charge in [0.15, 0.2) is 5.78 Å². The standard InChI is InChI=1S/C25H18N4O3/c1-28-15-19(14-26-28)22(30)12-11-18-16-29(20-8-3-2-4-9-20)27-24(18)21-13-17-7-5-6-10-23(17)32-25(21)31/h2-16H,1H3/b12-11+. The van der Waals surface area contributed by atoms with Crippen LogP contribution in [0, 0.1) is 0 Å². The van der Waals surface area contributed by atoms with Crippen LogP contribution in [0.2, 0.25) is 0 Å². The fourth-order valence-corrected chi connectivity index (χ4v) is 3.47. The van der Waals surface area contributed by atoms with Crippen LogP contribution in [0.5, 0.6) is 0 Å². The van der Waals surface area contributed by atoms with Crippen LogP contribution in [0.1, 0.15) is 15.9 Å². The third-order valence-corrected chi connectivity index (χ3v) is 5.06. The number of aryl methyl sites for hydroxylation is 1. The maximum Gasteiger partial charge on any atom is 0.345 e. The summed E-state index contributed by atoms with van der Waals surface area (Å²) in [6.45, 7) is 0. The molecule has 0 saturated carbocycles. The van der Waals surface area contributed by atoms with Crippen molar-refractivity contribution in [2.75, 3.05) is 0 Å². The molecule has 2 aromatic carbocycles. The lowest BCUT2D eigenvalue weighted by molar-refractivity contribution is 0.104. The number of nitrogens with zero attached hydrogens (tertiary/aromatic N) is 4. The summed E-state index contributed by atoms with van der Waals surface area (Å²) in [5.41, 5.74) is 2.70. The first kappa shape index (κ1) is 19.4. The van der Waals surface area contributed by atoms with Gasteiger partial charge in [-0.3, -0.25) is 9.48 Å². The van der Waals surface area contributed by atoms with Gasteiger partial charge in [-0.05, 0) is 36.4 Å². The monoisotopic (exact) mass is 422 g/mol. The Labute approximate surface area is 182 Å². The minimum absolute atomic E-state index is 0.193. The van der Waals surface area contributed by atoms with E-state index < -0.39 is 5.63 Å². The Morgan fingerprint density at radius 2 is 1.81 bits per heavy atom. The molecule has 0 atom stereocenters. The molecule has 0 saturated heterocycles. The van der Waals surface area contributed by atoms with Crippen molar-refractivity contribution in [3.63, 3.8) is 0 Å². The number of fused-ring (bicyclic) bond motifs is 1. The molecule has 5 rings (SSSR count). The van der Waals surface area contributed by atoms with Gasteiger partial charge in [0.05, 0.1) is 23.0 Å². The second-order valence-electron chi connectivity index (χ2n) is 7.30. The second-order valence-corrected chi connectivity index (χ2v) is 7.30. The van der Waals surface area contributed by atoms with E-state index in [1.165, 1.54) is 12.3 Å². The Bertz CT molecular complexity index is 1520. The van der Waals surface area contributed by atoms with Gasteiger partial charge >= 0.3 is 5.63 Å². The molecule has 0 bridgehead atoms. The molecule has 0 aliphatic rings. The SMILES string of the molecule is Cn1cc(C(=O)/C=C/c2cn(-c3ccccc3)nc2-c2cc3ccccc3oc2=O)cn1. The summed E-state index contributed by atoms with van der Waals surface area (Å²) in [4.78, 5) is 25.3. The number of benzene rings is 2. The zero-order valence-electron chi connectivity index (χ0n) is 17.2. The maximum absolute atomic E-state index is 12.8. The van der Waals surface area contributed by atoms with E-state index in [9.17, 15) is 9.59 Å². The first-order chi connectivity index (χ1) is 15.6. The summed E-state index contributed by atoms with van der Waals surface area (Å²) in [5.74, 6) is -0.193. The van der Waals surface area contributed by atoms with Crippen molar-refractivity contribution in [1.29, 1.82) is 0 Å². The molecule has 7 heteroatoms. The quantitative estimate of drug-likeness (QED) is 0.240. The van der Waals surface area contributed by atoms with Gasteiger partial charge in [-0.15, -0.1) is 0 Å². The average Bonchev–Trinajstić information content (AvgIpc) is 3.44. The number of hydrogen-bond acceptors (Lipinski definition) is 5. The highest BCUT2D eigenvalue weighted by atomic mass is 16.4. The first-order valence-electron chi connectivity index (χ1n) is 9.98. The Hall–Kier alpha value is -4.52. The van der Waals surface area contributed by atoms with Gasteiger partial charge in [0, 0.05) is 30.4 Å². The van der Waals surface area contributed by atoms with Crippen molar-refractivity contribution in [2.45, 2.75) is 0 Å². The summed E-state index contributed by atoms with van der Waals surface area (Å²) in [5, 5.41) is 9.47. The lowest BCUT2D eigenvalue weighted by atomic mass is 10.1. The van der Waals surface area contributed by atoms with Crippen molar-refractivity contribution in [3.8, 4) is 16.9 Å². The van der Waals surface area contributed by atoms with Gasteiger partial charge in [0.25, 0.3) is 0 Å². The molecule has 0 spiro atoms. The van der Waals surface area contributed by atoms with E-state index in [2.05, 4.69) is 10.2 Å². The summed E-state index contributed by atoms with van der Waals surface area (Å²) in [6.07, 6.45) is 8.06. The minimum atomic E-state index is -0.491. The van der Waals surface area contributed by atoms with Crippen LogP contribution in [0.15, 0.2) is 94.5 Å². The van der Waals surface area contributed by atoms with Gasteiger partial charge in [-0.1, -0.05) is 36.4 Å². The van der Waals surface area contributed by atoms with Gasteiger partial charge in [0.1, 0.15) is 11.3 Å². The Balaban J connectivity index is 1.63. The number of ketones is 1. The molecule has 0 aliphatic carbocycles. The van der Waals surface area contributed by atoms with Gasteiger partial charge in [-0.25, -0.2) is 9.48 Å². The summed E-state index contributed by atoms with van der Waals surface area (Å²) in [7, 11) is 1.75. The Morgan fingerprint density at radius 3 is 2.59 bits per heavy atom. The number of hydrogen-bond donors (Lipinski definition) is 0. The van der Waals surface area contributed by atoms with Crippen molar-refractivity contribution in [1.82, 2.24) is 19.6 Å². The molecule has 32 heavy (non-hydrogen) atoms. The molecule has 5 aromatic rings. The Kier molecular flexibility index (Phi) is 4.84. The van der Waals surface area contributed by atoms with Gasteiger partial charge < -0.3 is 4.42 Å². The maximum atomic E-state index is 12.8. The fourth-order valence-electron chi connectivity index (χ4n) is 3.47. The van der Waals surface area contributed by atoms with Gasteiger partial charge in [0.2, 0.25) is 0 Å². The van der Waals surface area contributed by atoms with Crippen LogP contribution in [-0.4, -0.2) is 25.3 Å². The van der Waals surface area contributed by atoms with E-state index in [0.717, 1.165) is 11.1 Å². The largest absolute Gasteiger partial charge is 0.422 e. The molecule has 7 nitrogen and oxygen atoms in total. The summed E-state index contributed by atoms with van der Waals surface area (Å²) in [6, 6.07) is 18.6. The van der Waals surface area contributed by atoms with Crippen LogP contribution in [-0.2, 0) is 7.05 Å². The molecule has 3 aromatic heterocycles. The highest BCUT2D eigenvalue weighted by Crippen LogP contribution is 2.25. The second kappa shape index (κ2) is 7.96.